The number of fused-ring (bicyclic) bond motifs is 1. The number of carbonyl (C=O) groups is 1. The summed E-state index contributed by atoms with van der Waals surface area (Å²) in [4.78, 5) is 16.3. The molecule has 96 valence electrons. The van der Waals surface area contributed by atoms with Crippen molar-refractivity contribution in [2.75, 3.05) is 11.9 Å². The second kappa shape index (κ2) is 4.97. The standard InChI is InChI=1S/C13H16BrN3O/c14-10-7-15-5-4-11(10)17-13(18)12-9-3-1-2-8(9)6-16-12/h4-5,7-9,12,16H,1-3,6H2,(H,15,17,18). The first kappa shape index (κ1) is 12.1. The van der Waals surface area contributed by atoms with Gasteiger partial charge in [0.05, 0.1) is 16.2 Å². The van der Waals surface area contributed by atoms with E-state index in [0.29, 0.717) is 11.8 Å². The number of halogens is 1. The van der Waals surface area contributed by atoms with E-state index in [1.165, 1.54) is 19.3 Å². The van der Waals surface area contributed by atoms with Gasteiger partial charge in [-0.1, -0.05) is 6.42 Å². The highest BCUT2D eigenvalue weighted by molar-refractivity contribution is 9.10. The fourth-order valence-corrected chi connectivity index (χ4v) is 3.51. The third kappa shape index (κ3) is 2.17. The summed E-state index contributed by atoms with van der Waals surface area (Å²) in [5.74, 6) is 1.29. The Kier molecular flexibility index (Phi) is 3.35. The minimum Gasteiger partial charge on any atom is -0.324 e. The number of rotatable bonds is 2. The maximum atomic E-state index is 12.3. The summed E-state index contributed by atoms with van der Waals surface area (Å²) in [6, 6.07) is 1.78. The maximum absolute atomic E-state index is 12.3. The predicted octanol–water partition coefficient (Wildman–Crippen LogP) is 2.17. The minimum absolute atomic E-state index is 0.0300. The predicted molar refractivity (Wildman–Crippen MR) is 73.2 cm³/mol. The Labute approximate surface area is 115 Å². The number of nitrogens with one attached hydrogen (secondary N) is 2. The number of pyridine rings is 1. The molecule has 2 aliphatic rings. The Bertz CT molecular complexity index is 465. The maximum Gasteiger partial charge on any atom is 0.241 e. The Balaban J connectivity index is 1.70. The summed E-state index contributed by atoms with van der Waals surface area (Å²) in [6.07, 6.45) is 7.07. The van der Waals surface area contributed by atoms with E-state index >= 15 is 0 Å². The van der Waals surface area contributed by atoms with Gasteiger partial charge in [0.15, 0.2) is 0 Å². The molecule has 3 unspecified atom stereocenters. The number of hydrogen-bond donors (Lipinski definition) is 2. The van der Waals surface area contributed by atoms with Crippen molar-refractivity contribution < 1.29 is 4.79 Å². The van der Waals surface area contributed by atoms with Crippen molar-refractivity contribution in [3.8, 4) is 0 Å². The van der Waals surface area contributed by atoms with Crippen LogP contribution in [0.2, 0.25) is 0 Å². The van der Waals surface area contributed by atoms with Crippen molar-refractivity contribution in [2.45, 2.75) is 25.3 Å². The van der Waals surface area contributed by atoms with Gasteiger partial charge in [0, 0.05) is 12.4 Å². The number of nitrogens with zero attached hydrogens (tertiary/aromatic N) is 1. The van der Waals surface area contributed by atoms with Gasteiger partial charge in [-0.3, -0.25) is 9.78 Å². The minimum atomic E-state index is -0.0300. The smallest absolute Gasteiger partial charge is 0.241 e. The highest BCUT2D eigenvalue weighted by atomic mass is 79.9. The summed E-state index contributed by atoms with van der Waals surface area (Å²) < 4.78 is 0.819. The van der Waals surface area contributed by atoms with Crippen LogP contribution >= 0.6 is 15.9 Å². The van der Waals surface area contributed by atoms with Gasteiger partial charge >= 0.3 is 0 Å². The Morgan fingerprint density at radius 1 is 1.50 bits per heavy atom. The molecule has 0 radical (unpaired) electrons. The molecule has 5 heteroatoms. The lowest BCUT2D eigenvalue weighted by atomic mass is 9.93. The van der Waals surface area contributed by atoms with Crippen LogP contribution in [0.5, 0.6) is 0 Å². The SMILES string of the molecule is O=C(Nc1ccncc1Br)C1NCC2CCCC21. The van der Waals surface area contributed by atoms with E-state index in [0.717, 1.165) is 16.7 Å². The van der Waals surface area contributed by atoms with Crippen molar-refractivity contribution >= 4 is 27.5 Å². The van der Waals surface area contributed by atoms with Crippen LogP contribution in [0.4, 0.5) is 5.69 Å². The molecule has 3 atom stereocenters. The van der Waals surface area contributed by atoms with Crippen LogP contribution in [0.1, 0.15) is 19.3 Å². The molecule has 4 nitrogen and oxygen atoms in total. The lowest BCUT2D eigenvalue weighted by molar-refractivity contribution is -0.118. The van der Waals surface area contributed by atoms with E-state index in [-0.39, 0.29) is 11.9 Å². The zero-order valence-electron chi connectivity index (χ0n) is 10.0. The molecule has 0 spiro atoms. The van der Waals surface area contributed by atoms with E-state index in [4.69, 9.17) is 0 Å². The van der Waals surface area contributed by atoms with Gasteiger partial charge in [-0.2, -0.15) is 0 Å². The second-order valence-electron chi connectivity index (χ2n) is 5.09. The largest absolute Gasteiger partial charge is 0.324 e. The van der Waals surface area contributed by atoms with Crippen LogP contribution in [0.3, 0.4) is 0 Å². The van der Waals surface area contributed by atoms with Gasteiger partial charge in [-0.25, -0.2) is 0 Å². The summed E-state index contributed by atoms with van der Waals surface area (Å²) in [7, 11) is 0. The Morgan fingerprint density at radius 3 is 3.22 bits per heavy atom. The van der Waals surface area contributed by atoms with Crippen molar-refractivity contribution in [2.24, 2.45) is 11.8 Å². The fourth-order valence-electron chi connectivity index (χ4n) is 3.16. The summed E-state index contributed by atoms with van der Waals surface area (Å²) in [6.45, 7) is 0.986. The molecule has 1 aliphatic carbocycles. The molecule has 2 heterocycles. The highest BCUT2D eigenvalue weighted by Gasteiger charge is 2.42. The molecule has 1 saturated heterocycles. The molecular weight excluding hydrogens is 294 g/mol. The van der Waals surface area contributed by atoms with E-state index in [9.17, 15) is 4.79 Å². The van der Waals surface area contributed by atoms with Crippen molar-refractivity contribution in [3.05, 3.63) is 22.9 Å². The van der Waals surface area contributed by atoms with E-state index in [1.807, 2.05) is 6.07 Å². The van der Waals surface area contributed by atoms with Crippen molar-refractivity contribution in [1.82, 2.24) is 10.3 Å². The molecule has 2 N–H and O–H groups in total. The van der Waals surface area contributed by atoms with Gasteiger partial charge in [-0.15, -0.1) is 0 Å². The van der Waals surface area contributed by atoms with Crippen LogP contribution in [0.15, 0.2) is 22.9 Å². The first-order valence-electron chi connectivity index (χ1n) is 6.39. The average molecular weight is 310 g/mol. The van der Waals surface area contributed by atoms with Crippen molar-refractivity contribution in [1.29, 1.82) is 0 Å². The van der Waals surface area contributed by atoms with Gasteiger partial charge in [0.2, 0.25) is 5.91 Å². The number of hydrogen-bond acceptors (Lipinski definition) is 3. The fraction of sp³-hybridized carbons (Fsp3) is 0.538. The second-order valence-corrected chi connectivity index (χ2v) is 5.94. The zero-order chi connectivity index (χ0) is 12.5. The molecule has 1 amide bonds. The number of anilines is 1. The molecule has 18 heavy (non-hydrogen) atoms. The molecule has 3 rings (SSSR count). The van der Waals surface area contributed by atoms with Crippen LogP contribution in [0.25, 0.3) is 0 Å². The quantitative estimate of drug-likeness (QED) is 0.880. The highest BCUT2D eigenvalue weighted by Crippen LogP contribution is 2.38. The Morgan fingerprint density at radius 2 is 2.39 bits per heavy atom. The van der Waals surface area contributed by atoms with E-state index in [2.05, 4.69) is 31.5 Å². The van der Waals surface area contributed by atoms with Crippen LogP contribution in [0, 0.1) is 11.8 Å². The monoisotopic (exact) mass is 309 g/mol. The first-order chi connectivity index (χ1) is 8.75. The van der Waals surface area contributed by atoms with Crippen LogP contribution < -0.4 is 10.6 Å². The third-order valence-electron chi connectivity index (χ3n) is 4.06. The third-order valence-corrected chi connectivity index (χ3v) is 4.69. The number of aromatic nitrogens is 1. The normalized spacial score (nSPS) is 30.2. The van der Waals surface area contributed by atoms with Crippen LogP contribution in [-0.4, -0.2) is 23.5 Å². The van der Waals surface area contributed by atoms with Crippen molar-refractivity contribution in [3.63, 3.8) is 0 Å². The van der Waals surface area contributed by atoms with Gasteiger partial charge in [0.25, 0.3) is 0 Å². The average Bonchev–Trinajstić information content (AvgIpc) is 2.93. The lowest BCUT2D eigenvalue weighted by Crippen LogP contribution is -2.39. The van der Waals surface area contributed by atoms with E-state index < -0.39 is 0 Å². The first-order valence-corrected chi connectivity index (χ1v) is 7.19. The van der Waals surface area contributed by atoms with Crippen LogP contribution in [-0.2, 0) is 4.79 Å². The summed E-state index contributed by atoms with van der Waals surface area (Å²) >= 11 is 3.39. The number of amides is 1. The molecule has 1 aromatic heterocycles. The molecular formula is C13H16BrN3O. The summed E-state index contributed by atoms with van der Waals surface area (Å²) in [5, 5.41) is 6.33. The number of carbonyl (C=O) groups excluding carboxylic acids is 1. The van der Waals surface area contributed by atoms with Gasteiger partial charge in [-0.05, 0) is 53.2 Å². The molecule has 2 fully saturated rings. The molecule has 1 aliphatic heterocycles. The van der Waals surface area contributed by atoms with Gasteiger partial charge in [0.1, 0.15) is 0 Å². The molecule has 0 aromatic carbocycles. The summed E-state index contributed by atoms with van der Waals surface area (Å²) in [5.41, 5.74) is 0.790. The van der Waals surface area contributed by atoms with E-state index in [1.54, 1.807) is 12.4 Å². The van der Waals surface area contributed by atoms with Gasteiger partial charge < -0.3 is 10.6 Å². The molecule has 1 aromatic rings. The topological polar surface area (TPSA) is 54.0 Å². The Hall–Kier alpha value is -0.940. The lowest BCUT2D eigenvalue weighted by Gasteiger charge is -2.18. The zero-order valence-corrected chi connectivity index (χ0v) is 11.6. The molecule has 0 bridgehead atoms. The molecule has 1 saturated carbocycles.